The summed E-state index contributed by atoms with van der Waals surface area (Å²) in [5.41, 5.74) is 3.27. The lowest BCUT2D eigenvalue weighted by molar-refractivity contribution is 0.0969. The Morgan fingerprint density at radius 1 is 1.09 bits per heavy atom. The van der Waals surface area contributed by atoms with E-state index >= 15 is 0 Å². The lowest BCUT2D eigenvalue weighted by Gasteiger charge is -2.09. The minimum absolute atomic E-state index is 0.268. The second-order valence-corrected chi connectivity index (χ2v) is 5.93. The average Bonchev–Trinajstić information content (AvgIpc) is 2.46. The number of hydrogen-bond acceptors (Lipinski definition) is 4. The number of imide groups is 1. The van der Waals surface area contributed by atoms with Crippen LogP contribution in [0.5, 0.6) is 0 Å². The van der Waals surface area contributed by atoms with E-state index in [2.05, 4.69) is 10.0 Å². The molecule has 0 radical (unpaired) electrons. The van der Waals surface area contributed by atoms with Crippen molar-refractivity contribution in [1.82, 2.24) is 5.32 Å². The van der Waals surface area contributed by atoms with Gasteiger partial charge < -0.3 is 4.72 Å². The van der Waals surface area contributed by atoms with Crippen LogP contribution in [0, 0.1) is 13.8 Å². The number of carbonyl (C=O) groups excluding carboxylic acids is 2. The highest BCUT2D eigenvalue weighted by Crippen LogP contribution is 2.20. The summed E-state index contributed by atoms with van der Waals surface area (Å²) in [7, 11) is 0. The second kappa shape index (κ2) is 7.33. The van der Waals surface area contributed by atoms with Crippen LogP contribution in [0.15, 0.2) is 42.5 Å². The zero-order valence-electron chi connectivity index (χ0n) is 12.1. The summed E-state index contributed by atoms with van der Waals surface area (Å²) < 4.78 is 2.93. The first kappa shape index (κ1) is 16.4. The van der Waals surface area contributed by atoms with Gasteiger partial charge in [-0.1, -0.05) is 41.4 Å². The molecular weight excluding hydrogens is 320 g/mol. The van der Waals surface area contributed by atoms with Crippen LogP contribution in [-0.4, -0.2) is 11.1 Å². The number of anilines is 1. The summed E-state index contributed by atoms with van der Waals surface area (Å²) in [5, 5.41) is 2.09. The van der Waals surface area contributed by atoms with Crippen LogP contribution in [0.4, 0.5) is 10.5 Å². The van der Waals surface area contributed by atoms with Gasteiger partial charge in [0, 0.05) is 17.6 Å². The van der Waals surface area contributed by atoms with E-state index in [1.807, 2.05) is 32.0 Å². The molecule has 0 aliphatic heterocycles. The summed E-state index contributed by atoms with van der Waals surface area (Å²) in [5.74, 6) is -0.523. The van der Waals surface area contributed by atoms with Gasteiger partial charge in [0.25, 0.3) is 5.91 Å². The molecule has 0 atom stereocenters. The SMILES string of the molecule is Cc1ccc(NSC(=O)NC(=O)c2ccccc2Cl)c(C)c1. The molecule has 0 bridgehead atoms. The molecule has 114 valence electrons. The van der Waals surface area contributed by atoms with Crippen LogP contribution in [0.25, 0.3) is 0 Å². The van der Waals surface area contributed by atoms with Gasteiger partial charge in [0.05, 0.1) is 10.6 Å². The number of nitrogens with one attached hydrogen (secondary N) is 2. The number of benzene rings is 2. The van der Waals surface area contributed by atoms with E-state index < -0.39 is 11.1 Å². The van der Waals surface area contributed by atoms with E-state index in [0.717, 1.165) is 28.8 Å². The number of amides is 2. The van der Waals surface area contributed by atoms with Crippen molar-refractivity contribution in [3.05, 3.63) is 64.2 Å². The molecule has 2 amide bonds. The Hall–Kier alpha value is -1.98. The van der Waals surface area contributed by atoms with Crippen LogP contribution in [-0.2, 0) is 0 Å². The molecule has 0 fully saturated rings. The van der Waals surface area contributed by atoms with Crippen LogP contribution < -0.4 is 10.0 Å². The molecule has 6 heteroatoms. The fourth-order valence-corrected chi connectivity index (χ4v) is 2.66. The largest absolute Gasteiger partial charge is 0.321 e. The predicted octanol–water partition coefficient (Wildman–Crippen LogP) is 4.57. The number of halogens is 1. The maximum absolute atomic E-state index is 11.9. The highest BCUT2D eigenvalue weighted by atomic mass is 35.5. The van der Waals surface area contributed by atoms with Gasteiger partial charge in [-0.05, 0) is 37.6 Å². The van der Waals surface area contributed by atoms with E-state index in [0.29, 0.717) is 5.02 Å². The Balaban J connectivity index is 1.93. The topological polar surface area (TPSA) is 58.2 Å². The van der Waals surface area contributed by atoms with Crippen molar-refractivity contribution < 1.29 is 9.59 Å². The third-order valence-corrected chi connectivity index (χ3v) is 3.91. The highest BCUT2D eigenvalue weighted by molar-refractivity contribution is 8.14. The van der Waals surface area contributed by atoms with Gasteiger partial charge >= 0.3 is 5.24 Å². The molecule has 0 saturated heterocycles. The molecule has 0 unspecified atom stereocenters. The lowest BCUT2D eigenvalue weighted by atomic mass is 10.1. The van der Waals surface area contributed by atoms with Crippen molar-refractivity contribution in [2.75, 3.05) is 4.72 Å². The standard InChI is InChI=1S/C16H15ClN2O2S/c1-10-7-8-14(11(2)9-10)19-22-16(21)18-15(20)12-5-3-4-6-13(12)17/h3-9,19H,1-2H3,(H,18,20,21). The third-order valence-electron chi connectivity index (χ3n) is 2.97. The molecule has 0 spiro atoms. The fourth-order valence-electron chi connectivity index (χ4n) is 1.86. The Kier molecular flexibility index (Phi) is 5.46. The zero-order valence-corrected chi connectivity index (χ0v) is 13.7. The lowest BCUT2D eigenvalue weighted by Crippen LogP contribution is -2.28. The first-order valence-electron chi connectivity index (χ1n) is 6.57. The number of hydrogen-bond donors (Lipinski definition) is 2. The molecule has 22 heavy (non-hydrogen) atoms. The molecule has 0 aliphatic rings. The van der Waals surface area contributed by atoms with Gasteiger partial charge in [-0.3, -0.25) is 14.9 Å². The van der Waals surface area contributed by atoms with Crippen LogP contribution >= 0.6 is 23.5 Å². The van der Waals surface area contributed by atoms with Gasteiger partial charge in [-0.25, -0.2) is 0 Å². The summed E-state index contributed by atoms with van der Waals surface area (Å²) in [4.78, 5) is 23.8. The first-order chi connectivity index (χ1) is 10.5. The number of aryl methyl sites for hydroxylation is 2. The average molecular weight is 335 g/mol. The Morgan fingerprint density at radius 2 is 1.82 bits per heavy atom. The third kappa shape index (κ3) is 4.26. The Morgan fingerprint density at radius 3 is 2.50 bits per heavy atom. The predicted molar refractivity (Wildman–Crippen MR) is 91.4 cm³/mol. The fraction of sp³-hybridized carbons (Fsp3) is 0.125. The minimum atomic E-state index is -0.523. The molecule has 0 aromatic heterocycles. The molecule has 2 aromatic carbocycles. The van der Waals surface area contributed by atoms with E-state index in [9.17, 15) is 9.59 Å². The number of rotatable bonds is 3. The molecule has 0 aliphatic carbocycles. The monoisotopic (exact) mass is 334 g/mol. The molecule has 2 N–H and O–H groups in total. The Labute approximate surface area is 138 Å². The molecule has 2 rings (SSSR count). The van der Waals surface area contributed by atoms with Gasteiger partial charge in [0.15, 0.2) is 0 Å². The molecule has 0 saturated carbocycles. The molecular formula is C16H15ClN2O2S. The molecule has 4 nitrogen and oxygen atoms in total. The normalized spacial score (nSPS) is 10.1. The number of carbonyl (C=O) groups is 2. The molecule has 2 aromatic rings. The maximum atomic E-state index is 11.9. The first-order valence-corrected chi connectivity index (χ1v) is 7.77. The summed E-state index contributed by atoms with van der Waals surface area (Å²) in [6, 6.07) is 12.4. The van der Waals surface area contributed by atoms with Crippen molar-refractivity contribution in [2.24, 2.45) is 0 Å². The minimum Gasteiger partial charge on any atom is -0.321 e. The van der Waals surface area contributed by atoms with Crippen molar-refractivity contribution in [3.63, 3.8) is 0 Å². The Bertz CT molecular complexity index is 719. The van der Waals surface area contributed by atoms with Crippen LogP contribution in [0.1, 0.15) is 21.5 Å². The van der Waals surface area contributed by atoms with Crippen LogP contribution in [0.3, 0.4) is 0 Å². The maximum Gasteiger partial charge on any atom is 0.306 e. The summed E-state index contributed by atoms with van der Waals surface area (Å²) in [6.07, 6.45) is 0. The van der Waals surface area contributed by atoms with E-state index in [-0.39, 0.29) is 5.56 Å². The van der Waals surface area contributed by atoms with Gasteiger partial charge in [-0.2, -0.15) is 0 Å². The van der Waals surface area contributed by atoms with Gasteiger partial charge in [0.1, 0.15) is 0 Å². The smallest absolute Gasteiger partial charge is 0.306 e. The quantitative estimate of drug-likeness (QED) is 0.807. The second-order valence-electron chi connectivity index (χ2n) is 4.74. The van der Waals surface area contributed by atoms with Gasteiger partial charge in [-0.15, -0.1) is 0 Å². The van der Waals surface area contributed by atoms with Crippen molar-refractivity contribution in [2.45, 2.75) is 13.8 Å². The van der Waals surface area contributed by atoms with E-state index in [4.69, 9.17) is 11.6 Å². The highest BCUT2D eigenvalue weighted by Gasteiger charge is 2.13. The van der Waals surface area contributed by atoms with Crippen molar-refractivity contribution in [3.8, 4) is 0 Å². The van der Waals surface area contributed by atoms with Crippen LogP contribution in [0.2, 0.25) is 5.02 Å². The van der Waals surface area contributed by atoms with Crippen molar-refractivity contribution >= 4 is 40.4 Å². The van der Waals surface area contributed by atoms with E-state index in [1.54, 1.807) is 24.3 Å². The van der Waals surface area contributed by atoms with E-state index in [1.165, 1.54) is 0 Å². The van der Waals surface area contributed by atoms with Gasteiger partial charge in [0.2, 0.25) is 0 Å². The zero-order chi connectivity index (χ0) is 16.1. The van der Waals surface area contributed by atoms with Crippen molar-refractivity contribution in [1.29, 1.82) is 0 Å². The molecule has 0 heterocycles. The summed E-state index contributed by atoms with van der Waals surface area (Å²) in [6.45, 7) is 3.95. The summed E-state index contributed by atoms with van der Waals surface area (Å²) >= 11 is 6.73.